The van der Waals surface area contributed by atoms with Gasteiger partial charge in [0.05, 0.1) is 0 Å². The molecule has 100 valence electrons. The van der Waals surface area contributed by atoms with E-state index < -0.39 is 11.9 Å². The summed E-state index contributed by atoms with van der Waals surface area (Å²) in [5, 5.41) is 2.95. The van der Waals surface area contributed by atoms with E-state index in [-0.39, 0.29) is 17.9 Å². The summed E-state index contributed by atoms with van der Waals surface area (Å²) in [4.78, 5) is 7.31. The molecule has 0 saturated heterocycles. The Kier molecular flexibility index (Phi) is 3.94. The van der Waals surface area contributed by atoms with Gasteiger partial charge in [-0.3, -0.25) is 0 Å². The van der Waals surface area contributed by atoms with Gasteiger partial charge in [-0.25, -0.2) is 9.97 Å². The van der Waals surface area contributed by atoms with Gasteiger partial charge in [0.25, 0.3) is 0 Å². The first-order chi connectivity index (χ1) is 8.50. The van der Waals surface area contributed by atoms with E-state index in [1.807, 2.05) is 0 Å². The standard InChI is InChI=1S/C11H13ClF3N3/c12-6-7-2-1-3-8(7)17-10-16-5-4-9(18-10)11(13,14)15/h4-5,7-8H,1-3,6H2,(H,16,17,18). The SMILES string of the molecule is FC(F)(F)c1ccnc(NC2CCCC2CCl)n1. The minimum absolute atomic E-state index is 0.0202. The summed E-state index contributed by atoms with van der Waals surface area (Å²) in [6, 6.07) is 0.921. The summed E-state index contributed by atoms with van der Waals surface area (Å²) in [7, 11) is 0. The minimum Gasteiger partial charge on any atom is -0.351 e. The van der Waals surface area contributed by atoms with Gasteiger partial charge in [-0.1, -0.05) is 6.42 Å². The van der Waals surface area contributed by atoms with Crippen molar-refractivity contribution in [2.24, 2.45) is 5.92 Å². The number of hydrogen-bond donors (Lipinski definition) is 1. The second-order valence-electron chi connectivity index (χ2n) is 4.36. The molecule has 0 aromatic carbocycles. The van der Waals surface area contributed by atoms with Crippen LogP contribution in [-0.2, 0) is 6.18 Å². The van der Waals surface area contributed by atoms with Gasteiger partial charge in [0.1, 0.15) is 5.69 Å². The van der Waals surface area contributed by atoms with Gasteiger partial charge in [0.15, 0.2) is 0 Å². The summed E-state index contributed by atoms with van der Waals surface area (Å²) in [6.07, 6.45) is -0.436. The molecule has 1 aliphatic rings. The molecule has 1 N–H and O–H groups in total. The van der Waals surface area contributed by atoms with Gasteiger partial charge in [0, 0.05) is 18.1 Å². The molecule has 1 aromatic heterocycles. The van der Waals surface area contributed by atoms with Crippen molar-refractivity contribution >= 4 is 17.5 Å². The van der Waals surface area contributed by atoms with Gasteiger partial charge in [-0.05, 0) is 24.8 Å². The summed E-state index contributed by atoms with van der Waals surface area (Å²) in [5.41, 5.74) is -0.930. The van der Waals surface area contributed by atoms with Crippen molar-refractivity contribution in [2.75, 3.05) is 11.2 Å². The summed E-state index contributed by atoms with van der Waals surface area (Å²) >= 11 is 5.81. The molecule has 2 unspecified atom stereocenters. The molecule has 1 saturated carbocycles. The number of aromatic nitrogens is 2. The third-order valence-electron chi connectivity index (χ3n) is 3.12. The van der Waals surface area contributed by atoms with Crippen LogP contribution in [0.1, 0.15) is 25.0 Å². The van der Waals surface area contributed by atoms with Crippen molar-refractivity contribution in [3.05, 3.63) is 18.0 Å². The van der Waals surface area contributed by atoms with Crippen LogP contribution in [0.2, 0.25) is 0 Å². The first-order valence-corrected chi connectivity index (χ1v) is 6.27. The number of rotatable bonds is 3. The average Bonchev–Trinajstić information content (AvgIpc) is 2.75. The maximum Gasteiger partial charge on any atom is 0.433 e. The molecule has 1 aliphatic carbocycles. The van der Waals surface area contributed by atoms with Gasteiger partial charge < -0.3 is 5.32 Å². The molecule has 1 fully saturated rings. The highest BCUT2D eigenvalue weighted by Crippen LogP contribution is 2.30. The summed E-state index contributed by atoms with van der Waals surface area (Å²) < 4.78 is 37.5. The van der Waals surface area contributed by atoms with Gasteiger partial charge in [-0.2, -0.15) is 13.2 Å². The topological polar surface area (TPSA) is 37.8 Å². The fraction of sp³-hybridized carbons (Fsp3) is 0.636. The molecule has 0 radical (unpaired) electrons. The third kappa shape index (κ3) is 3.04. The predicted molar refractivity (Wildman–Crippen MR) is 62.5 cm³/mol. The number of halogens is 4. The molecular weight excluding hydrogens is 267 g/mol. The summed E-state index contributed by atoms with van der Waals surface area (Å²) in [5.74, 6) is 0.785. The van der Waals surface area contributed by atoms with Crippen LogP contribution >= 0.6 is 11.6 Å². The molecule has 0 spiro atoms. The lowest BCUT2D eigenvalue weighted by Crippen LogP contribution is -2.26. The van der Waals surface area contributed by atoms with Crippen LogP contribution in [0.25, 0.3) is 0 Å². The molecule has 0 amide bonds. The van der Waals surface area contributed by atoms with Crippen molar-refractivity contribution in [1.29, 1.82) is 0 Å². The summed E-state index contributed by atoms with van der Waals surface area (Å²) in [6.45, 7) is 0. The van der Waals surface area contributed by atoms with E-state index in [0.717, 1.165) is 31.5 Å². The normalized spacial score (nSPS) is 24.2. The lowest BCUT2D eigenvalue weighted by atomic mass is 10.1. The number of anilines is 1. The van der Waals surface area contributed by atoms with Crippen molar-refractivity contribution in [3.63, 3.8) is 0 Å². The van der Waals surface area contributed by atoms with E-state index in [4.69, 9.17) is 11.6 Å². The molecule has 0 bridgehead atoms. The monoisotopic (exact) mass is 279 g/mol. The smallest absolute Gasteiger partial charge is 0.351 e. The largest absolute Gasteiger partial charge is 0.433 e. The Morgan fingerprint density at radius 2 is 2.17 bits per heavy atom. The van der Waals surface area contributed by atoms with E-state index in [2.05, 4.69) is 15.3 Å². The van der Waals surface area contributed by atoms with Crippen molar-refractivity contribution in [1.82, 2.24) is 9.97 Å². The number of alkyl halides is 4. The molecule has 3 nitrogen and oxygen atoms in total. The highest BCUT2D eigenvalue weighted by atomic mass is 35.5. The van der Waals surface area contributed by atoms with E-state index in [9.17, 15) is 13.2 Å². The average molecular weight is 280 g/mol. The van der Waals surface area contributed by atoms with Crippen LogP contribution in [0.5, 0.6) is 0 Å². The van der Waals surface area contributed by atoms with Crippen LogP contribution in [0.15, 0.2) is 12.3 Å². The van der Waals surface area contributed by atoms with Gasteiger partial charge in [0.2, 0.25) is 5.95 Å². The molecular formula is C11H13ClF3N3. The first kappa shape index (κ1) is 13.4. The zero-order valence-electron chi connectivity index (χ0n) is 9.54. The number of hydrogen-bond acceptors (Lipinski definition) is 3. The third-order valence-corrected chi connectivity index (χ3v) is 3.51. The molecule has 18 heavy (non-hydrogen) atoms. The Balaban J connectivity index is 2.10. The van der Waals surface area contributed by atoms with Gasteiger partial charge >= 0.3 is 6.18 Å². The van der Waals surface area contributed by atoms with Crippen molar-refractivity contribution < 1.29 is 13.2 Å². The highest BCUT2D eigenvalue weighted by Gasteiger charge is 2.33. The zero-order valence-corrected chi connectivity index (χ0v) is 10.3. The molecule has 1 aromatic rings. The Morgan fingerprint density at radius 1 is 1.39 bits per heavy atom. The van der Waals surface area contributed by atoms with Gasteiger partial charge in [-0.15, -0.1) is 11.6 Å². The predicted octanol–water partition coefficient (Wildman–Crippen LogP) is 3.31. The molecule has 7 heteroatoms. The Hall–Kier alpha value is -1.04. The quantitative estimate of drug-likeness (QED) is 0.863. The van der Waals surface area contributed by atoms with Crippen LogP contribution in [0, 0.1) is 5.92 Å². The maximum absolute atomic E-state index is 12.5. The molecule has 0 aliphatic heterocycles. The Morgan fingerprint density at radius 3 is 2.83 bits per heavy atom. The van der Waals surface area contributed by atoms with Crippen LogP contribution < -0.4 is 5.32 Å². The maximum atomic E-state index is 12.5. The van der Waals surface area contributed by atoms with Crippen LogP contribution in [-0.4, -0.2) is 21.9 Å². The van der Waals surface area contributed by atoms with Crippen LogP contribution in [0.4, 0.5) is 19.1 Å². The lowest BCUT2D eigenvalue weighted by Gasteiger charge is -2.19. The van der Waals surface area contributed by atoms with Crippen molar-refractivity contribution in [2.45, 2.75) is 31.5 Å². The Labute approximate surface area is 108 Å². The molecule has 2 atom stereocenters. The molecule has 1 heterocycles. The highest BCUT2D eigenvalue weighted by molar-refractivity contribution is 6.18. The van der Waals surface area contributed by atoms with Crippen molar-refractivity contribution in [3.8, 4) is 0 Å². The van der Waals surface area contributed by atoms with E-state index >= 15 is 0 Å². The first-order valence-electron chi connectivity index (χ1n) is 5.73. The molecule has 2 rings (SSSR count). The second-order valence-corrected chi connectivity index (χ2v) is 4.67. The fourth-order valence-electron chi connectivity index (χ4n) is 2.16. The second kappa shape index (κ2) is 5.30. The van der Waals surface area contributed by atoms with Crippen LogP contribution in [0.3, 0.4) is 0 Å². The zero-order chi connectivity index (χ0) is 13.2. The van der Waals surface area contributed by atoms with E-state index in [0.29, 0.717) is 5.88 Å². The fourth-order valence-corrected chi connectivity index (χ4v) is 2.53. The minimum atomic E-state index is -4.44. The Bertz CT molecular complexity index is 411. The van der Waals surface area contributed by atoms with E-state index in [1.165, 1.54) is 0 Å². The number of nitrogens with zero attached hydrogens (tertiary/aromatic N) is 2. The lowest BCUT2D eigenvalue weighted by molar-refractivity contribution is -0.141. The number of nitrogens with one attached hydrogen (secondary N) is 1. The van der Waals surface area contributed by atoms with E-state index in [1.54, 1.807) is 0 Å².